The van der Waals surface area contributed by atoms with Gasteiger partial charge in [-0.2, -0.15) is 5.10 Å². The van der Waals surface area contributed by atoms with Crippen LogP contribution in [0.5, 0.6) is 0 Å². The Balaban J connectivity index is 1.57. The van der Waals surface area contributed by atoms with E-state index in [4.69, 9.17) is 0 Å². The summed E-state index contributed by atoms with van der Waals surface area (Å²) >= 11 is 0. The molecule has 0 aliphatic carbocycles. The molecule has 0 bridgehead atoms. The number of H-pyrrole nitrogens is 1. The number of carbonyl (C=O) groups is 1. The minimum absolute atomic E-state index is 0.0942. The van der Waals surface area contributed by atoms with Crippen molar-refractivity contribution in [2.75, 3.05) is 6.54 Å². The van der Waals surface area contributed by atoms with Gasteiger partial charge in [-0.05, 0) is 31.9 Å². The molecule has 2 aromatic heterocycles. The number of carbonyl (C=O) groups excluding carboxylic acids is 1. The first-order valence-corrected chi connectivity index (χ1v) is 8.42. The molecule has 128 valence electrons. The maximum atomic E-state index is 12.8. The predicted molar refractivity (Wildman–Crippen MR) is 92.6 cm³/mol. The number of amides is 1. The average molecular weight is 336 g/mol. The Morgan fingerprint density at radius 1 is 1.24 bits per heavy atom. The molecule has 3 aromatic rings. The van der Waals surface area contributed by atoms with Gasteiger partial charge < -0.3 is 4.90 Å². The third-order valence-corrected chi connectivity index (χ3v) is 4.60. The molecule has 0 fully saturated rings. The van der Waals surface area contributed by atoms with E-state index in [-0.39, 0.29) is 11.9 Å². The zero-order valence-corrected chi connectivity index (χ0v) is 14.3. The summed E-state index contributed by atoms with van der Waals surface area (Å²) in [6.45, 7) is 4.99. The average Bonchev–Trinajstić information content (AvgIpc) is 3.23. The third kappa shape index (κ3) is 2.82. The minimum atomic E-state index is -0.332. The molecule has 0 saturated heterocycles. The molecule has 4 rings (SSSR count). The van der Waals surface area contributed by atoms with Crippen molar-refractivity contribution in [2.45, 2.75) is 32.9 Å². The molecule has 1 aliphatic rings. The third-order valence-electron chi connectivity index (χ3n) is 4.60. The van der Waals surface area contributed by atoms with Gasteiger partial charge in [-0.15, -0.1) is 10.2 Å². The van der Waals surface area contributed by atoms with Crippen molar-refractivity contribution in [1.82, 2.24) is 29.9 Å². The summed E-state index contributed by atoms with van der Waals surface area (Å²) in [5, 5.41) is 15.7. The van der Waals surface area contributed by atoms with Gasteiger partial charge in [-0.25, -0.2) is 0 Å². The second-order valence-corrected chi connectivity index (χ2v) is 6.42. The molecule has 0 unspecified atom stereocenters. The highest BCUT2D eigenvalue weighted by Crippen LogP contribution is 2.27. The number of fused-ring (bicyclic) bond motifs is 1. The van der Waals surface area contributed by atoms with Crippen LogP contribution in [0, 0.1) is 6.92 Å². The Labute approximate surface area is 145 Å². The van der Waals surface area contributed by atoms with Crippen LogP contribution in [0.15, 0.2) is 36.4 Å². The molecule has 1 amide bonds. The minimum Gasteiger partial charge on any atom is -0.333 e. The van der Waals surface area contributed by atoms with Crippen LogP contribution in [-0.4, -0.2) is 42.3 Å². The van der Waals surface area contributed by atoms with E-state index in [0.29, 0.717) is 24.6 Å². The highest BCUT2D eigenvalue weighted by Gasteiger charge is 2.33. The molecule has 7 nitrogen and oxygen atoms in total. The smallest absolute Gasteiger partial charge is 0.245 e. The van der Waals surface area contributed by atoms with Crippen molar-refractivity contribution >= 4 is 5.91 Å². The number of aromatic amines is 1. The summed E-state index contributed by atoms with van der Waals surface area (Å²) in [6.07, 6.45) is 0.832. The molecule has 25 heavy (non-hydrogen) atoms. The normalized spacial score (nSPS) is 17.0. The molecule has 0 spiro atoms. The largest absolute Gasteiger partial charge is 0.333 e. The zero-order chi connectivity index (χ0) is 17.4. The lowest BCUT2D eigenvalue weighted by Gasteiger charge is -2.32. The van der Waals surface area contributed by atoms with Crippen LogP contribution < -0.4 is 0 Å². The molecule has 1 N–H and O–H groups in total. The van der Waals surface area contributed by atoms with Crippen molar-refractivity contribution in [3.05, 3.63) is 53.5 Å². The van der Waals surface area contributed by atoms with E-state index in [1.54, 1.807) is 0 Å². The Morgan fingerprint density at radius 3 is 2.76 bits per heavy atom. The summed E-state index contributed by atoms with van der Waals surface area (Å²) in [4.78, 5) is 14.7. The van der Waals surface area contributed by atoms with Gasteiger partial charge in [-0.1, -0.05) is 30.3 Å². The second kappa shape index (κ2) is 6.16. The maximum Gasteiger partial charge on any atom is 0.245 e. The highest BCUT2D eigenvalue weighted by atomic mass is 16.2. The fourth-order valence-electron chi connectivity index (χ4n) is 3.27. The van der Waals surface area contributed by atoms with Crippen molar-refractivity contribution in [3.8, 4) is 11.5 Å². The van der Waals surface area contributed by atoms with Crippen LogP contribution in [0.3, 0.4) is 0 Å². The van der Waals surface area contributed by atoms with E-state index in [1.807, 2.05) is 47.6 Å². The molecular formula is C18H20N6O. The van der Waals surface area contributed by atoms with Gasteiger partial charge in [0.05, 0.1) is 6.54 Å². The summed E-state index contributed by atoms with van der Waals surface area (Å²) < 4.78 is 1.90. The molecule has 7 heteroatoms. The fraction of sp³-hybridized carbons (Fsp3) is 0.333. The number of aromatic nitrogens is 5. The Kier molecular flexibility index (Phi) is 3.83. The lowest BCUT2D eigenvalue weighted by atomic mass is 10.1. The molecule has 1 atom stereocenters. The topological polar surface area (TPSA) is 79.7 Å². The SMILES string of the molecule is Cc1cc(-c2nnc3n2[C@H](C)C(=O)N(CCc2ccccc2)C3)n[nH]1. The van der Waals surface area contributed by atoms with Crippen LogP contribution in [0.2, 0.25) is 0 Å². The number of nitrogens with one attached hydrogen (secondary N) is 1. The maximum absolute atomic E-state index is 12.8. The van der Waals surface area contributed by atoms with Crippen LogP contribution in [0.1, 0.15) is 30.0 Å². The standard InChI is InChI=1S/C18H20N6O/c1-12-10-15(20-19-12)17-22-21-16-11-23(18(25)13(2)24(16)17)9-8-14-6-4-3-5-7-14/h3-7,10,13H,8-9,11H2,1-2H3,(H,19,20)/t13-/m1/s1. The van der Waals surface area contributed by atoms with Crippen molar-refractivity contribution in [2.24, 2.45) is 0 Å². The molecule has 1 aromatic carbocycles. The number of rotatable bonds is 4. The molecule has 0 saturated carbocycles. The summed E-state index contributed by atoms with van der Waals surface area (Å²) in [7, 11) is 0. The van der Waals surface area contributed by atoms with E-state index in [0.717, 1.165) is 17.9 Å². The second-order valence-electron chi connectivity index (χ2n) is 6.42. The van der Waals surface area contributed by atoms with E-state index >= 15 is 0 Å². The highest BCUT2D eigenvalue weighted by molar-refractivity contribution is 5.81. The van der Waals surface area contributed by atoms with Gasteiger partial charge in [0.25, 0.3) is 0 Å². The number of benzene rings is 1. The fourth-order valence-corrected chi connectivity index (χ4v) is 3.27. The van der Waals surface area contributed by atoms with E-state index in [2.05, 4.69) is 32.5 Å². The van der Waals surface area contributed by atoms with E-state index in [9.17, 15) is 4.79 Å². The van der Waals surface area contributed by atoms with Gasteiger partial charge in [0.15, 0.2) is 11.6 Å². The molecule has 1 aliphatic heterocycles. The lowest BCUT2D eigenvalue weighted by molar-refractivity contribution is -0.136. The van der Waals surface area contributed by atoms with Crippen LogP contribution in [0.25, 0.3) is 11.5 Å². The Bertz CT molecular complexity index is 897. The molecule has 0 radical (unpaired) electrons. The number of aryl methyl sites for hydroxylation is 1. The lowest BCUT2D eigenvalue weighted by Crippen LogP contribution is -2.42. The van der Waals surface area contributed by atoms with E-state index < -0.39 is 0 Å². The number of hydrogen-bond acceptors (Lipinski definition) is 4. The van der Waals surface area contributed by atoms with Crippen LogP contribution >= 0.6 is 0 Å². The monoisotopic (exact) mass is 336 g/mol. The number of hydrogen-bond donors (Lipinski definition) is 1. The van der Waals surface area contributed by atoms with Gasteiger partial charge in [-0.3, -0.25) is 14.5 Å². The quantitative estimate of drug-likeness (QED) is 0.791. The first-order valence-electron chi connectivity index (χ1n) is 8.42. The first kappa shape index (κ1) is 15.6. The number of nitrogens with zero attached hydrogens (tertiary/aromatic N) is 5. The van der Waals surface area contributed by atoms with E-state index in [1.165, 1.54) is 5.56 Å². The van der Waals surface area contributed by atoms with Gasteiger partial charge in [0.1, 0.15) is 11.7 Å². The van der Waals surface area contributed by atoms with Crippen molar-refractivity contribution in [1.29, 1.82) is 0 Å². The summed E-state index contributed by atoms with van der Waals surface area (Å²) in [6, 6.07) is 11.8. The predicted octanol–water partition coefficient (Wildman–Crippen LogP) is 2.12. The van der Waals surface area contributed by atoms with Crippen molar-refractivity contribution < 1.29 is 4.79 Å². The zero-order valence-electron chi connectivity index (χ0n) is 14.3. The first-order chi connectivity index (χ1) is 12.1. The summed E-state index contributed by atoms with van der Waals surface area (Å²) in [5.41, 5.74) is 2.89. The van der Waals surface area contributed by atoms with Crippen LogP contribution in [0.4, 0.5) is 0 Å². The Hall–Kier alpha value is -2.96. The van der Waals surface area contributed by atoms with Gasteiger partial charge in [0, 0.05) is 12.2 Å². The van der Waals surface area contributed by atoms with Gasteiger partial charge in [0.2, 0.25) is 5.91 Å². The van der Waals surface area contributed by atoms with Gasteiger partial charge >= 0.3 is 0 Å². The Morgan fingerprint density at radius 2 is 2.04 bits per heavy atom. The van der Waals surface area contributed by atoms with Crippen molar-refractivity contribution in [3.63, 3.8) is 0 Å². The molecular weight excluding hydrogens is 316 g/mol. The summed E-state index contributed by atoms with van der Waals surface area (Å²) in [5.74, 6) is 1.54. The molecule has 3 heterocycles. The van der Waals surface area contributed by atoms with Crippen LogP contribution in [-0.2, 0) is 17.8 Å².